The number of para-hydroxylation sites is 1. The highest BCUT2D eigenvalue weighted by Gasteiger charge is 2.15. The molecule has 0 spiro atoms. The third-order valence-electron chi connectivity index (χ3n) is 5.21. The van der Waals surface area contributed by atoms with Crippen LogP contribution in [0.4, 0.5) is 5.69 Å². The van der Waals surface area contributed by atoms with E-state index in [1.807, 2.05) is 74.5 Å². The number of benzene rings is 3. The molecule has 0 atom stereocenters. The summed E-state index contributed by atoms with van der Waals surface area (Å²) in [6, 6.07) is 19.6. The molecule has 1 N–H and O–H groups in total. The Balaban J connectivity index is 1.73. The first-order chi connectivity index (χ1) is 15.0. The highest BCUT2D eigenvalue weighted by Crippen LogP contribution is 2.38. The number of nitrogens with one attached hydrogen (secondary N) is 1. The van der Waals surface area contributed by atoms with Crippen molar-refractivity contribution in [1.82, 2.24) is 0 Å². The van der Waals surface area contributed by atoms with Gasteiger partial charge in [-0.25, -0.2) is 0 Å². The van der Waals surface area contributed by atoms with Crippen LogP contribution >= 0.6 is 15.9 Å². The molecule has 0 saturated heterocycles. The first-order valence-electron chi connectivity index (χ1n) is 9.86. The van der Waals surface area contributed by atoms with Gasteiger partial charge in [-0.15, -0.1) is 0 Å². The number of hydrogen-bond donors (Lipinski definition) is 1. The van der Waals surface area contributed by atoms with Crippen molar-refractivity contribution in [2.45, 2.75) is 13.8 Å². The van der Waals surface area contributed by atoms with Crippen molar-refractivity contribution in [3.8, 4) is 16.9 Å². The Kier molecular flexibility index (Phi) is 5.96. The Morgan fingerprint density at radius 2 is 1.90 bits per heavy atom. The van der Waals surface area contributed by atoms with Crippen LogP contribution in [-0.4, -0.2) is 13.0 Å². The van der Waals surface area contributed by atoms with Crippen LogP contribution in [0.15, 0.2) is 81.9 Å². The highest BCUT2D eigenvalue weighted by atomic mass is 79.9. The molecule has 0 aliphatic carbocycles. The van der Waals surface area contributed by atoms with E-state index < -0.39 is 0 Å². The number of hydrogen-bond acceptors (Lipinski definition) is 3. The summed E-state index contributed by atoms with van der Waals surface area (Å²) in [5.74, 6) is 0.466. The molecule has 156 valence electrons. The third kappa shape index (κ3) is 4.42. The van der Waals surface area contributed by atoms with Crippen molar-refractivity contribution in [3.05, 3.63) is 88.6 Å². The summed E-state index contributed by atoms with van der Waals surface area (Å²) < 4.78 is 12.4. The van der Waals surface area contributed by atoms with Crippen LogP contribution < -0.4 is 10.1 Å². The van der Waals surface area contributed by atoms with Gasteiger partial charge in [0, 0.05) is 38.8 Å². The second kappa shape index (κ2) is 8.82. The van der Waals surface area contributed by atoms with E-state index in [2.05, 4.69) is 21.2 Å². The van der Waals surface area contributed by atoms with Crippen LogP contribution in [0.25, 0.3) is 27.7 Å². The fourth-order valence-electron chi connectivity index (χ4n) is 3.57. The largest absolute Gasteiger partial charge is 0.496 e. The molecule has 0 aliphatic heterocycles. The lowest BCUT2D eigenvalue weighted by Gasteiger charge is -2.11. The fourth-order valence-corrected chi connectivity index (χ4v) is 3.97. The maximum absolute atomic E-state index is 12.6. The molecule has 0 radical (unpaired) electrons. The molecule has 5 heteroatoms. The maximum atomic E-state index is 12.6. The molecule has 1 aromatic heterocycles. The van der Waals surface area contributed by atoms with Gasteiger partial charge in [0.1, 0.15) is 11.3 Å². The van der Waals surface area contributed by atoms with E-state index in [1.165, 1.54) is 0 Å². The van der Waals surface area contributed by atoms with Gasteiger partial charge in [0.25, 0.3) is 0 Å². The Bertz CT molecular complexity index is 1300. The molecular weight excluding hydrogens is 454 g/mol. The Hall–Kier alpha value is -3.31. The summed E-state index contributed by atoms with van der Waals surface area (Å²) >= 11 is 3.53. The van der Waals surface area contributed by atoms with Crippen molar-refractivity contribution in [2.75, 3.05) is 12.4 Å². The number of ether oxygens (including phenoxy) is 1. The van der Waals surface area contributed by atoms with Crippen LogP contribution in [0.5, 0.6) is 5.75 Å². The molecule has 4 rings (SSSR count). The van der Waals surface area contributed by atoms with Gasteiger partial charge in [0.2, 0.25) is 5.91 Å². The predicted molar refractivity (Wildman–Crippen MR) is 129 cm³/mol. The number of furan rings is 1. The number of anilines is 1. The normalized spacial score (nSPS) is 11.5. The van der Waals surface area contributed by atoms with Crippen LogP contribution in [0.3, 0.4) is 0 Å². The van der Waals surface area contributed by atoms with Gasteiger partial charge in [-0.2, -0.15) is 0 Å². The average molecular weight is 476 g/mol. The number of halogens is 1. The molecule has 31 heavy (non-hydrogen) atoms. The minimum Gasteiger partial charge on any atom is -0.496 e. The molecule has 0 aliphatic rings. The van der Waals surface area contributed by atoms with Gasteiger partial charge in [0.15, 0.2) is 0 Å². The summed E-state index contributed by atoms with van der Waals surface area (Å²) in [5.41, 5.74) is 6.20. The van der Waals surface area contributed by atoms with E-state index in [0.29, 0.717) is 5.75 Å². The number of aryl methyl sites for hydroxylation is 1. The standard InChI is InChI=1S/C26H22BrNO3/c1-16-7-4-5-10-23(16)28-26(29)11-17(2)20-13-21-22(18-8-6-9-19(27)12-18)15-31-25(21)14-24(20)30-3/h4-15H,1-3H3,(H,28,29)/b17-11+. The summed E-state index contributed by atoms with van der Waals surface area (Å²) in [4.78, 5) is 12.6. The number of carbonyl (C=O) groups is 1. The number of amides is 1. The predicted octanol–water partition coefficient (Wildman–Crippen LogP) is 7.22. The zero-order chi connectivity index (χ0) is 22.0. The van der Waals surface area contributed by atoms with Gasteiger partial charge < -0.3 is 14.5 Å². The molecule has 4 nitrogen and oxygen atoms in total. The van der Waals surface area contributed by atoms with Crippen molar-refractivity contribution >= 4 is 44.1 Å². The SMILES string of the molecule is COc1cc2occ(-c3cccc(Br)c3)c2cc1/C(C)=C/C(=O)Nc1ccccc1C. The van der Waals surface area contributed by atoms with Crippen molar-refractivity contribution < 1.29 is 13.9 Å². The second-order valence-electron chi connectivity index (χ2n) is 7.34. The number of rotatable bonds is 5. The van der Waals surface area contributed by atoms with Crippen molar-refractivity contribution in [1.29, 1.82) is 0 Å². The monoisotopic (exact) mass is 475 g/mol. The van der Waals surface area contributed by atoms with Crippen LogP contribution in [0.2, 0.25) is 0 Å². The lowest BCUT2D eigenvalue weighted by Crippen LogP contribution is -2.09. The molecule has 4 aromatic rings. The van der Waals surface area contributed by atoms with Crippen LogP contribution in [-0.2, 0) is 4.79 Å². The molecular formula is C26H22BrNO3. The van der Waals surface area contributed by atoms with E-state index in [1.54, 1.807) is 19.4 Å². The summed E-state index contributed by atoms with van der Waals surface area (Å²) in [6.45, 7) is 3.87. The van der Waals surface area contributed by atoms with Gasteiger partial charge in [0.05, 0.1) is 13.4 Å². The Morgan fingerprint density at radius 1 is 1.10 bits per heavy atom. The van der Waals surface area contributed by atoms with Crippen molar-refractivity contribution in [3.63, 3.8) is 0 Å². The zero-order valence-corrected chi connectivity index (χ0v) is 19.1. The minimum atomic E-state index is -0.187. The number of carbonyl (C=O) groups excluding carboxylic acids is 1. The Morgan fingerprint density at radius 3 is 2.65 bits per heavy atom. The number of methoxy groups -OCH3 is 1. The van der Waals surface area contributed by atoms with E-state index in [0.717, 1.165) is 49.0 Å². The molecule has 0 bridgehead atoms. The van der Waals surface area contributed by atoms with E-state index in [-0.39, 0.29) is 5.91 Å². The minimum absolute atomic E-state index is 0.187. The Labute approximate surface area is 189 Å². The van der Waals surface area contributed by atoms with Gasteiger partial charge in [-0.3, -0.25) is 4.79 Å². The summed E-state index contributed by atoms with van der Waals surface area (Å²) in [7, 11) is 1.61. The molecule has 1 amide bonds. The second-order valence-corrected chi connectivity index (χ2v) is 8.26. The fraction of sp³-hybridized carbons (Fsp3) is 0.115. The smallest absolute Gasteiger partial charge is 0.248 e. The van der Waals surface area contributed by atoms with Crippen LogP contribution in [0, 0.1) is 6.92 Å². The summed E-state index contributed by atoms with van der Waals surface area (Å²) in [5, 5.41) is 3.90. The first kappa shape index (κ1) is 20.9. The molecule has 1 heterocycles. The van der Waals surface area contributed by atoms with E-state index in [9.17, 15) is 4.79 Å². The van der Waals surface area contributed by atoms with Crippen LogP contribution in [0.1, 0.15) is 18.1 Å². The zero-order valence-electron chi connectivity index (χ0n) is 17.5. The van der Waals surface area contributed by atoms with Gasteiger partial charge in [-0.05, 0) is 54.8 Å². The van der Waals surface area contributed by atoms with Gasteiger partial charge >= 0.3 is 0 Å². The molecule has 0 fully saturated rings. The van der Waals surface area contributed by atoms with Crippen molar-refractivity contribution in [2.24, 2.45) is 0 Å². The molecule has 0 saturated carbocycles. The first-order valence-corrected chi connectivity index (χ1v) is 10.7. The highest BCUT2D eigenvalue weighted by molar-refractivity contribution is 9.10. The van der Waals surface area contributed by atoms with Gasteiger partial charge in [-0.1, -0.05) is 46.3 Å². The average Bonchev–Trinajstić information content (AvgIpc) is 3.17. The maximum Gasteiger partial charge on any atom is 0.248 e. The van der Waals surface area contributed by atoms with E-state index >= 15 is 0 Å². The number of allylic oxidation sites excluding steroid dienone is 1. The molecule has 3 aromatic carbocycles. The summed E-state index contributed by atoms with van der Waals surface area (Å²) in [6.07, 6.45) is 3.34. The lowest BCUT2D eigenvalue weighted by molar-refractivity contribution is -0.111. The molecule has 0 unspecified atom stereocenters. The quantitative estimate of drug-likeness (QED) is 0.310. The number of fused-ring (bicyclic) bond motifs is 1. The van der Waals surface area contributed by atoms with E-state index in [4.69, 9.17) is 9.15 Å². The topological polar surface area (TPSA) is 51.5 Å². The lowest BCUT2D eigenvalue weighted by atomic mass is 9.99. The third-order valence-corrected chi connectivity index (χ3v) is 5.70.